The van der Waals surface area contributed by atoms with Crippen molar-refractivity contribution < 1.29 is 9.47 Å². The van der Waals surface area contributed by atoms with Gasteiger partial charge in [-0.1, -0.05) is 36.9 Å². The Morgan fingerprint density at radius 3 is 2.68 bits per heavy atom. The van der Waals surface area contributed by atoms with Crippen LogP contribution in [0.15, 0.2) is 85.4 Å². The Hall–Kier alpha value is -2.81. The van der Waals surface area contributed by atoms with Gasteiger partial charge in [-0.05, 0) is 31.2 Å². The molecule has 1 aromatic carbocycles. The molecule has 0 spiro atoms. The van der Waals surface area contributed by atoms with E-state index in [1.807, 2.05) is 49.4 Å². The van der Waals surface area contributed by atoms with Gasteiger partial charge in [0, 0.05) is 24.0 Å². The SMILES string of the molecule is C=C(C)/C=C\C(=C)Oc1cccc(OCc2cccnc2)c1. The molecular formula is C19H19NO2. The molecule has 3 heteroatoms. The highest BCUT2D eigenvalue weighted by Crippen LogP contribution is 2.22. The van der Waals surface area contributed by atoms with Crippen LogP contribution in [-0.4, -0.2) is 4.98 Å². The fraction of sp³-hybridized carbons (Fsp3) is 0.105. The molecule has 0 atom stereocenters. The molecule has 2 rings (SSSR count). The maximum atomic E-state index is 5.73. The number of nitrogens with zero attached hydrogens (tertiary/aromatic N) is 1. The second-order valence-electron chi connectivity index (χ2n) is 4.87. The minimum atomic E-state index is 0.466. The molecule has 0 aliphatic carbocycles. The molecule has 1 aromatic heterocycles. The molecule has 1 heterocycles. The van der Waals surface area contributed by atoms with Gasteiger partial charge in [-0.15, -0.1) is 0 Å². The van der Waals surface area contributed by atoms with Gasteiger partial charge in [0.1, 0.15) is 23.9 Å². The van der Waals surface area contributed by atoms with Crippen molar-refractivity contribution in [2.75, 3.05) is 0 Å². The second kappa shape index (κ2) is 7.84. The summed E-state index contributed by atoms with van der Waals surface area (Å²) >= 11 is 0. The fourth-order valence-corrected chi connectivity index (χ4v) is 1.70. The maximum Gasteiger partial charge on any atom is 0.131 e. The van der Waals surface area contributed by atoms with Gasteiger partial charge in [0.05, 0.1) is 0 Å². The average Bonchev–Trinajstić information content (AvgIpc) is 2.52. The molecule has 0 aliphatic rings. The lowest BCUT2D eigenvalue weighted by Crippen LogP contribution is -1.96. The number of aromatic nitrogens is 1. The van der Waals surface area contributed by atoms with E-state index in [2.05, 4.69) is 18.1 Å². The smallest absolute Gasteiger partial charge is 0.131 e. The molecule has 0 saturated heterocycles. The Morgan fingerprint density at radius 1 is 1.14 bits per heavy atom. The fourth-order valence-electron chi connectivity index (χ4n) is 1.70. The van der Waals surface area contributed by atoms with E-state index >= 15 is 0 Å². The highest BCUT2D eigenvalue weighted by Gasteiger charge is 2.00. The Morgan fingerprint density at radius 2 is 1.95 bits per heavy atom. The van der Waals surface area contributed by atoms with Crippen LogP contribution in [0.1, 0.15) is 12.5 Å². The first-order valence-corrected chi connectivity index (χ1v) is 6.95. The lowest BCUT2D eigenvalue weighted by molar-refractivity contribution is 0.304. The van der Waals surface area contributed by atoms with Crippen LogP contribution in [0.25, 0.3) is 0 Å². The zero-order valence-corrected chi connectivity index (χ0v) is 12.7. The van der Waals surface area contributed by atoms with Crippen LogP contribution in [0.5, 0.6) is 11.5 Å². The van der Waals surface area contributed by atoms with Crippen LogP contribution >= 0.6 is 0 Å². The predicted molar refractivity (Wildman–Crippen MR) is 88.7 cm³/mol. The molecule has 112 valence electrons. The lowest BCUT2D eigenvalue weighted by atomic mass is 10.3. The monoisotopic (exact) mass is 293 g/mol. The molecule has 0 amide bonds. The predicted octanol–water partition coefficient (Wildman–Crippen LogP) is 4.69. The molecule has 0 radical (unpaired) electrons. The van der Waals surface area contributed by atoms with Gasteiger partial charge in [0.2, 0.25) is 0 Å². The van der Waals surface area contributed by atoms with Gasteiger partial charge in [0.25, 0.3) is 0 Å². The van der Waals surface area contributed by atoms with Crippen LogP contribution in [-0.2, 0) is 6.61 Å². The molecule has 0 aliphatic heterocycles. The average molecular weight is 293 g/mol. The second-order valence-corrected chi connectivity index (χ2v) is 4.87. The summed E-state index contributed by atoms with van der Waals surface area (Å²) in [4.78, 5) is 4.06. The van der Waals surface area contributed by atoms with Crippen molar-refractivity contribution in [3.05, 3.63) is 91.0 Å². The summed E-state index contributed by atoms with van der Waals surface area (Å²) in [6, 6.07) is 11.3. The number of ether oxygens (including phenoxy) is 2. The molecule has 0 fully saturated rings. The third-order valence-corrected chi connectivity index (χ3v) is 2.74. The minimum absolute atomic E-state index is 0.466. The van der Waals surface area contributed by atoms with E-state index in [-0.39, 0.29) is 0 Å². The molecule has 0 unspecified atom stereocenters. The van der Waals surface area contributed by atoms with E-state index < -0.39 is 0 Å². The number of pyridine rings is 1. The molecule has 3 nitrogen and oxygen atoms in total. The van der Waals surface area contributed by atoms with Crippen LogP contribution in [0.3, 0.4) is 0 Å². The first kappa shape index (κ1) is 15.6. The summed E-state index contributed by atoms with van der Waals surface area (Å²) in [7, 11) is 0. The highest BCUT2D eigenvalue weighted by atomic mass is 16.5. The van der Waals surface area contributed by atoms with E-state index in [0.717, 1.165) is 16.9 Å². The van der Waals surface area contributed by atoms with Crippen LogP contribution < -0.4 is 9.47 Å². The molecule has 2 aromatic rings. The highest BCUT2D eigenvalue weighted by molar-refractivity contribution is 5.35. The van der Waals surface area contributed by atoms with E-state index in [4.69, 9.17) is 9.47 Å². The van der Waals surface area contributed by atoms with Crippen LogP contribution in [0.4, 0.5) is 0 Å². The Kier molecular flexibility index (Phi) is 5.55. The molecular weight excluding hydrogens is 274 g/mol. The van der Waals surface area contributed by atoms with E-state index in [9.17, 15) is 0 Å². The number of hydrogen-bond donors (Lipinski definition) is 0. The standard InChI is InChI=1S/C19H19NO2/c1-15(2)9-10-16(3)22-19-8-4-7-18(12-19)21-14-17-6-5-11-20-13-17/h4-13H,1,3,14H2,2H3/b10-9-. The van der Waals surface area contributed by atoms with Gasteiger partial charge in [-0.25, -0.2) is 0 Å². The summed E-state index contributed by atoms with van der Waals surface area (Å²) < 4.78 is 11.4. The van der Waals surface area contributed by atoms with E-state index in [1.165, 1.54) is 0 Å². The van der Waals surface area contributed by atoms with Crippen molar-refractivity contribution in [3.63, 3.8) is 0 Å². The normalized spacial score (nSPS) is 10.4. The van der Waals surface area contributed by atoms with Gasteiger partial charge >= 0.3 is 0 Å². The maximum absolute atomic E-state index is 5.73. The van der Waals surface area contributed by atoms with Crippen LogP contribution in [0.2, 0.25) is 0 Å². The van der Waals surface area contributed by atoms with Crippen molar-refractivity contribution >= 4 is 0 Å². The van der Waals surface area contributed by atoms with Crippen LogP contribution in [0, 0.1) is 0 Å². The minimum Gasteiger partial charge on any atom is -0.489 e. The van der Waals surface area contributed by atoms with E-state index in [1.54, 1.807) is 18.5 Å². The van der Waals surface area contributed by atoms with Crippen molar-refractivity contribution in [3.8, 4) is 11.5 Å². The number of hydrogen-bond acceptors (Lipinski definition) is 3. The largest absolute Gasteiger partial charge is 0.489 e. The topological polar surface area (TPSA) is 31.4 Å². The van der Waals surface area contributed by atoms with Crippen molar-refractivity contribution in [2.24, 2.45) is 0 Å². The van der Waals surface area contributed by atoms with Gasteiger partial charge in [0.15, 0.2) is 0 Å². The first-order valence-electron chi connectivity index (χ1n) is 6.95. The summed E-state index contributed by atoms with van der Waals surface area (Å²) in [5, 5.41) is 0. The van der Waals surface area contributed by atoms with Crippen molar-refractivity contribution in [1.82, 2.24) is 4.98 Å². The summed E-state index contributed by atoms with van der Waals surface area (Å²) in [5.74, 6) is 1.96. The Balaban J connectivity index is 1.95. The molecule has 0 saturated carbocycles. The summed E-state index contributed by atoms with van der Waals surface area (Å²) in [6.45, 7) is 10.0. The Bertz CT molecular complexity index is 675. The summed E-state index contributed by atoms with van der Waals surface area (Å²) in [6.07, 6.45) is 7.16. The number of benzene rings is 1. The Labute approximate surface area is 131 Å². The zero-order chi connectivity index (χ0) is 15.8. The third kappa shape index (κ3) is 5.29. The van der Waals surface area contributed by atoms with Crippen molar-refractivity contribution in [2.45, 2.75) is 13.5 Å². The van der Waals surface area contributed by atoms with Gasteiger partial charge in [-0.3, -0.25) is 4.98 Å². The number of allylic oxidation sites excluding steroid dienone is 3. The lowest BCUT2D eigenvalue weighted by Gasteiger charge is -2.09. The molecule has 0 N–H and O–H groups in total. The molecule has 0 bridgehead atoms. The van der Waals surface area contributed by atoms with E-state index in [0.29, 0.717) is 18.1 Å². The quantitative estimate of drug-likeness (QED) is 0.548. The first-order chi connectivity index (χ1) is 10.6. The third-order valence-electron chi connectivity index (χ3n) is 2.74. The summed E-state index contributed by atoms with van der Waals surface area (Å²) in [5.41, 5.74) is 1.96. The van der Waals surface area contributed by atoms with Gasteiger partial charge in [-0.2, -0.15) is 0 Å². The zero-order valence-electron chi connectivity index (χ0n) is 12.7. The van der Waals surface area contributed by atoms with Crippen molar-refractivity contribution in [1.29, 1.82) is 0 Å². The number of rotatable bonds is 7. The molecule has 22 heavy (non-hydrogen) atoms. The van der Waals surface area contributed by atoms with Gasteiger partial charge < -0.3 is 9.47 Å².